The van der Waals surface area contributed by atoms with Gasteiger partial charge in [0.1, 0.15) is 0 Å². The van der Waals surface area contributed by atoms with E-state index in [-0.39, 0.29) is 5.91 Å². The van der Waals surface area contributed by atoms with Gasteiger partial charge in [-0.1, -0.05) is 80.6 Å². The van der Waals surface area contributed by atoms with E-state index in [9.17, 15) is 4.79 Å². The van der Waals surface area contributed by atoms with Gasteiger partial charge in [0.25, 0.3) is 5.91 Å². The number of hydrogen-bond donors (Lipinski definition) is 1. The number of carbonyl (C=O) groups excluding carboxylic acids is 1. The number of thiazole rings is 1. The molecule has 0 saturated heterocycles. The monoisotopic (exact) mass is 463 g/mol. The van der Waals surface area contributed by atoms with Crippen LogP contribution in [-0.4, -0.2) is 15.9 Å². The minimum atomic E-state index is -0.188. The molecule has 2 heterocycles. The van der Waals surface area contributed by atoms with Crippen molar-refractivity contribution in [3.05, 3.63) is 101 Å². The van der Waals surface area contributed by atoms with Gasteiger partial charge in [0.15, 0.2) is 5.13 Å². The first-order valence-corrected chi connectivity index (χ1v) is 12.4. The summed E-state index contributed by atoms with van der Waals surface area (Å²) in [5.74, 6) is -0.188. The number of nitrogens with zero attached hydrogens (tertiary/aromatic N) is 2. The second-order valence-electron chi connectivity index (χ2n) is 8.17. The number of para-hydroxylation sites is 1. The third-order valence-corrected chi connectivity index (χ3v) is 6.76. The average Bonchev–Trinajstić information content (AvgIpc) is 3.36. The van der Waals surface area contributed by atoms with Gasteiger partial charge in [-0.3, -0.25) is 10.1 Å². The van der Waals surface area contributed by atoms with Gasteiger partial charge >= 0.3 is 0 Å². The molecule has 5 heteroatoms. The quantitative estimate of drug-likeness (QED) is 0.285. The highest BCUT2D eigenvalue weighted by Gasteiger charge is 2.16. The normalized spacial score (nSPS) is 11.0. The summed E-state index contributed by atoms with van der Waals surface area (Å²) in [4.78, 5) is 22.8. The van der Waals surface area contributed by atoms with Crippen molar-refractivity contribution in [1.29, 1.82) is 0 Å². The van der Waals surface area contributed by atoms with Crippen molar-refractivity contribution in [2.75, 3.05) is 5.32 Å². The van der Waals surface area contributed by atoms with E-state index >= 15 is 0 Å². The van der Waals surface area contributed by atoms with E-state index < -0.39 is 0 Å². The fourth-order valence-electron chi connectivity index (χ4n) is 3.96. The van der Waals surface area contributed by atoms with E-state index in [1.165, 1.54) is 22.5 Å². The van der Waals surface area contributed by atoms with Crippen LogP contribution in [0.4, 0.5) is 5.13 Å². The predicted molar refractivity (Wildman–Crippen MR) is 141 cm³/mol. The zero-order valence-corrected chi connectivity index (χ0v) is 20.0. The Hall–Kier alpha value is -3.83. The lowest BCUT2D eigenvalue weighted by atomic mass is 10.0. The van der Waals surface area contributed by atoms with Gasteiger partial charge in [0, 0.05) is 21.9 Å². The molecular formula is C29H25N3OS. The highest BCUT2D eigenvalue weighted by atomic mass is 32.1. The number of amides is 1. The fourth-order valence-corrected chi connectivity index (χ4v) is 4.68. The van der Waals surface area contributed by atoms with Crippen LogP contribution in [-0.2, 0) is 12.8 Å². The van der Waals surface area contributed by atoms with Crippen LogP contribution in [0.1, 0.15) is 35.3 Å². The second-order valence-corrected chi connectivity index (χ2v) is 9.02. The molecule has 0 radical (unpaired) electrons. The average molecular weight is 464 g/mol. The van der Waals surface area contributed by atoms with E-state index in [1.54, 1.807) is 0 Å². The first kappa shape index (κ1) is 22.0. The number of benzene rings is 3. The van der Waals surface area contributed by atoms with E-state index in [0.717, 1.165) is 46.3 Å². The SMILES string of the molecule is CCc1ccc(-c2csc(NC(=O)c3cc(-c4ccc(CC)cc4)nc4ccccc34)n2)cc1. The smallest absolute Gasteiger partial charge is 0.258 e. The highest BCUT2D eigenvalue weighted by Crippen LogP contribution is 2.28. The fraction of sp³-hybridized carbons (Fsp3) is 0.138. The zero-order valence-electron chi connectivity index (χ0n) is 19.2. The summed E-state index contributed by atoms with van der Waals surface area (Å²) in [5, 5.41) is 6.37. The third-order valence-electron chi connectivity index (χ3n) is 6.00. The van der Waals surface area contributed by atoms with Crippen LogP contribution in [0.2, 0.25) is 0 Å². The molecule has 3 aromatic carbocycles. The minimum Gasteiger partial charge on any atom is -0.298 e. The van der Waals surface area contributed by atoms with Crippen LogP contribution in [0.25, 0.3) is 33.4 Å². The van der Waals surface area contributed by atoms with Crippen molar-refractivity contribution < 1.29 is 4.79 Å². The van der Waals surface area contributed by atoms with E-state index in [4.69, 9.17) is 4.98 Å². The molecule has 0 atom stereocenters. The number of anilines is 1. The van der Waals surface area contributed by atoms with Gasteiger partial charge in [0.2, 0.25) is 0 Å². The molecule has 0 aliphatic carbocycles. The number of pyridine rings is 1. The second kappa shape index (κ2) is 9.57. The molecule has 5 aromatic rings. The number of aromatic nitrogens is 2. The lowest BCUT2D eigenvalue weighted by Crippen LogP contribution is -2.13. The van der Waals surface area contributed by atoms with Crippen LogP contribution in [0.15, 0.2) is 84.2 Å². The van der Waals surface area contributed by atoms with Crippen molar-refractivity contribution in [2.45, 2.75) is 26.7 Å². The molecule has 0 bridgehead atoms. The van der Waals surface area contributed by atoms with Crippen molar-refractivity contribution >= 4 is 33.3 Å². The number of fused-ring (bicyclic) bond motifs is 1. The maximum Gasteiger partial charge on any atom is 0.258 e. The Bertz CT molecular complexity index is 1450. The molecule has 0 spiro atoms. The number of carbonyl (C=O) groups is 1. The molecule has 34 heavy (non-hydrogen) atoms. The lowest BCUT2D eigenvalue weighted by Gasteiger charge is -2.10. The predicted octanol–water partition coefficient (Wildman–Crippen LogP) is 7.40. The molecule has 1 amide bonds. The van der Waals surface area contributed by atoms with Crippen molar-refractivity contribution in [2.24, 2.45) is 0 Å². The number of rotatable bonds is 6. The van der Waals surface area contributed by atoms with Gasteiger partial charge in [-0.05, 0) is 36.1 Å². The molecule has 0 saturated carbocycles. The van der Waals surface area contributed by atoms with Crippen LogP contribution in [0.5, 0.6) is 0 Å². The van der Waals surface area contributed by atoms with Gasteiger partial charge in [0.05, 0.1) is 22.5 Å². The summed E-state index contributed by atoms with van der Waals surface area (Å²) >= 11 is 1.43. The van der Waals surface area contributed by atoms with Crippen molar-refractivity contribution in [3.8, 4) is 22.5 Å². The molecule has 0 fully saturated rings. The lowest BCUT2D eigenvalue weighted by molar-refractivity contribution is 0.102. The zero-order chi connectivity index (χ0) is 23.5. The largest absolute Gasteiger partial charge is 0.298 e. The first-order chi connectivity index (χ1) is 16.6. The Morgan fingerprint density at radius 2 is 1.41 bits per heavy atom. The molecule has 168 valence electrons. The molecule has 2 aromatic heterocycles. The Labute approximate surface area is 203 Å². The van der Waals surface area contributed by atoms with Crippen LogP contribution < -0.4 is 5.32 Å². The summed E-state index contributed by atoms with van der Waals surface area (Å²) in [6.07, 6.45) is 1.99. The molecule has 0 aliphatic rings. The Kier molecular flexibility index (Phi) is 6.19. The van der Waals surface area contributed by atoms with Gasteiger partial charge < -0.3 is 0 Å². The Morgan fingerprint density at radius 1 is 0.794 bits per heavy atom. The van der Waals surface area contributed by atoms with Gasteiger partial charge in [-0.15, -0.1) is 11.3 Å². The number of nitrogens with one attached hydrogen (secondary N) is 1. The van der Waals surface area contributed by atoms with E-state index in [1.807, 2.05) is 35.7 Å². The molecule has 0 unspecified atom stereocenters. The summed E-state index contributed by atoms with van der Waals surface area (Å²) in [7, 11) is 0. The maximum atomic E-state index is 13.4. The molecule has 4 nitrogen and oxygen atoms in total. The molecule has 1 N–H and O–H groups in total. The Balaban J connectivity index is 1.46. The summed E-state index contributed by atoms with van der Waals surface area (Å²) in [6.45, 7) is 4.27. The molecule has 5 rings (SSSR count). The van der Waals surface area contributed by atoms with Crippen LogP contribution >= 0.6 is 11.3 Å². The first-order valence-electron chi connectivity index (χ1n) is 11.5. The van der Waals surface area contributed by atoms with Gasteiger partial charge in [-0.25, -0.2) is 9.97 Å². The third kappa shape index (κ3) is 4.47. The summed E-state index contributed by atoms with van der Waals surface area (Å²) in [5.41, 5.74) is 7.61. The van der Waals surface area contributed by atoms with Crippen LogP contribution in [0, 0.1) is 0 Å². The van der Waals surface area contributed by atoms with Gasteiger partial charge in [-0.2, -0.15) is 0 Å². The van der Waals surface area contributed by atoms with E-state index in [0.29, 0.717) is 10.7 Å². The highest BCUT2D eigenvalue weighted by molar-refractivity contribution is 7.14. The Morgan fingerprint density at radius 3 is 2.06 bits per heavy atom. The van der Waals surface area contributed by atoms with Crippen molar-refractivity contribution in [3.63, 3.8) is 0 Å². The standard InChI is InChI=1S/C29H25N3OS/c1-3-19-9-13-21(14-10-19)26-17-24(23-7-5-6-8-25(23)30-26)28(33)32-29-31-27(18-34-29)22-15-11-20(4-2)12-16-22/h5-18H,3-4H2,1-2H3,(H,31,32,33). The number of aryl methyl sites for hydroxylation is 2. The van der Waals surface area contributed by atoms with E-state index in [2.05, 4.69) is 72.7 Å². The molecular weight excluding hydrogens is 438 g/mol. The maximum absolute atomic E-state index is 13.4. The number of hydrogen-bond acceptors (Lipinski definition) is 4. The summed E-state index contributed by atoms with van der Waals surface area (Å²) < 4.78 is 0. The summed E-state index contributed by atoms with van der Waals surface area (Å²) in [6, 6.07) is 26.3. The van der Waals surface area contributed by atoms with Crippen LogP contribution in [0.3, 0.4) is 0 Å². The minimum absolute atomic E-state index is 0.188. The topological polar surface area (TPSA) is 54.9 Å². The van der Waals surface area contributed by atoms with Crippen molar-refractivity contribution in [1.82, 2.24) is 9.97 Å². The molecule has 0 aliphatic heterocycles.